The first-order valence-electron chi connectivity index (χ1n) is 7.25. The van der Waals surface area contributed by atoms with Gasteiger partial charge < -0.3 is 4.74 Å². The molecule has 3 nitrogen and oxygen atoms in total. The highest BCUT2D eigenvalue weighted by Crippen LogP contribution is 2.35. The van der Waals surface area contributed by atoms with Gasteiger partial charge in [-0.05, 0) is 44.6 Å². The molecule has 0 heterocycles. The van der Waals surface area contributed by atoms with E-state index in [4.69, 9.17) is 27.9 Å². The lowest BCUT2D eigenvalue weighted by Crippen LogP contribution is -2.45. The maximum atomic E-state index is 12.0. The van der Waals surface area contributed by atoms with Gasteiger partial charge in [0.1, 0.15) is 0 Å². The summed E-state index contributed by atoms with van der Waals surface area (Å²) in [5, 5.41) is 1.01. The van der Waals surface area contributed by atoms with E-state index in [1.807, 2.05) is 26.0 Å². The lowest BCUT2D eigenvalue weighted by molar-refractivity contribution is -0.146. The van der Waals surface area contributed by atoms with Gasteiger partial charge in [-0.1, -0.05) is 43.1 Å². The van der Waals surface area contributed by atoms with Crippen LogP contribution in [0.3, 0.4) is 0 Å². The molecule has 1 aromatic carbocycles. The fourth-order valence-electron chi connectivity index (χ4n) is 2.64. The number of hydrogen-bond acceptors (Lipinski definition) is 3. The molecule has 0 aromatic heterocycles. The maximum absolute atomic E-state index is 12.0. The Labute approximate surface area is 137 Å². The molecular weight excluding hydrogens is 309 g/mol. The van der Waals surface area contributed by atoms with Crippen LogP contribution >= 0.6 is 23.2 Å². The Bertz CT molecular complexity index is 489. The summed E-state index contributed by atoms with van der Waals surface area (Å²) in [6, 6.07) is 5.53. The first kappa shape index (κ1) is 18.3. The van der Waals surface area contributed by atoms with Crippen LogP contribution in [0.2, 0.25) is 10.0 Å². The molecular formula is C16H23Cl2NO2. The number of rotatable bonds is 7. The Morgan fingerprint density at radius 2 is 1.81 bits per heavy atom. The van der Waals surface area contributed by atoms with Gasteiger partial charge in [0, 0.05) is 0 Å². The summed E-state index contributed by atoms with van der Waals surface area (Å²) in [7, 11) is 0. The van der Waals surface area contributed by atoms with Crippen LogP contribution in [-0.2, 0) is 15.1 Å². The molecule has 1 atom stereocenters. The van der Waals surface area contributed by atoms with Crippen molar-refractivity contribution in [2.24, 2.45) is 0 Å². The second kappa shape index (κ2) is 8.02. The van der Waals surface area contributed by atoms with E-state index in [2.05, 4.69) is 18.7 Å². The van der Waals surface area contributed by atoms with Gasteiger partial charge >= 0.3 is 5.97 Å². The fraction of sp³-hybridized carbons (Fsp3) is 0.562. The smallest absolute Gasteiger partial charge is 0.307 e. The third-order valence-corrected chi connectivity index (χ3v) is 4.54. The molecule has 0 spiro atoms. The van der Waals surface area contributed by atoms with Crippen LogP contribution in [0.15, 0.2) is 18.2 Å². The highest BCUT2D eigenvalue weighted by atomic mass is 35.5. The van der Waals surface area contributed by atoms with Crippen LogP contribution < -0.4 is 0 Å². The quantitative estimate of drug-likeness (QED) is 0.689. The molecule has 5 heteroatoms. The Hall–Kier alpha value is -0.770. The SMILES string of the molecule is CCOC(=O)CC(C)(c1ccc(Cl)c(Cl)c1)N(CC)CC. The zero-order valence-electron chi connectivity index (χ0n) is 13.1. The van der Waals surface area contributed by atoms with Crippen molar-refractivity contribution in [2.75, 3.05) is 19.7 Å². The topological polar surface area (TPSA) is 29.5 Å². The number of ether oxygens (including phenoxy) is 1. The lowest BCUT2D eigenvalue weighted by atomic mass is 9.86. The fourth-order valence-corrected chi connectivity index (χ4v) is 2.94. The minimum atomic E-state index is -0.468. The molecule has 0 fully saturated rings. The molecule has 1 rings (SSSR count). The number of nitrogens with zero attached hydrogens (tertiary/aromatic N) is 1. The van der Waals surface area contributed by atoms with E-state index in [0.717, 1.165) is 18.7 Å². The van der Waals surface area contributed by atoms with Gasteiger partial charge in [-0.2, -0.15) is 0 Å². The summed E-state index contributed by atoms with van der Waals surface area (Å²) in [4.78, 5) is 14.2. The molecule has 0 aliphatic carbocycles. The van der Waals surface area contributed by atoms with E-state index >= 15 is 0 Å². The minimum Gasteiger partial charge on any atom is -0.466 e. The van der Waals surface area contributed by atoms with Crippen molar-refractivity contribution in [3.8, 4) is 0 Å². The van der Waals surface area contributed by atoms with Crippen molar-refractivity contribution >= 4 is 29.2 Å². The van der Waals surface area contributed by atoms with Gasteiger partial charge in [-0.3, -0.25) is 9.69 Å². The van der Waals surface area contributed by atoms with Gasteiger partial charge in [-0.15, -0.1) is 0 Å². The minimum absolute atomic E-state index is 0.210. The number of esters is 1. The molecule has 0 radical (unpaired) electrons. The van der Waals surface area contributed by atoms with Crippen molar-refractivity contribution in [2.45, 2.75) is 39.7 Å². The summed E-state index contributed by atoms with van der Waals surface area (Å²) >= 11 is 12.1. The van der Waals surface area contributed by atoms with Crippen molar-refractivity contribution in [1.29, 1.82) is 0 Å². The van der Waals surface area contributed by atoms with E-state index < -0.39 is 5.54 Å². The number of carbonyl (C=O) groups is 1. The monoisotopic (exact) mass is 331 g/mol. The standard InChI is InChI=1S/C16H23Cl2NO2/c1-5-19(6-2)16(4,11-15(20)21-7-3)12-8-9-13(17)14(18)10-12/h8-10H,5-7,11H2,1-4H3. The molecule has 21 heavy (non-hydrogen) atoms. The van der Waals surface area contributed by atoms with Crippen LogP contribution in [0, 0.1) is 0 Å². The first-order chi connectivity index (χ1) is 9.88. The predicted octanol–water partition coefficient (Wildman–Crippen LogP) is 4.50. The van der Waals surface area contributed by atoms with Gasteiger partial charge in [0.2, 0.25) is 0 Å². The Balaban J connectivity index is 3.22. The van der Waals surface area contributed by atoms with E-state index in [-0.39, 0.29) is 12.4 Å². The predicted molar refractivity (Wildman–Crippen MR) is 88.0 cm³/mol. The summed E-state index contributed by atoms with van der Waals surface area (Å²) in [5.74, 6) is -0.210. The zero-order valence-corrected chi connectivity index (χ0v) is 14.6. The van der Waals surface area contributed by atoms with E-state index in [1.54, 1.807) is 6.07 Å². The number of hydrogen-bond donors (Lipinski definition) is 0. The second-order valence-corrected chi connectivity index (χ2v) is 5.87. The van der Waals surface area contributed by atoms with Crippen LogP contribution in [-0.4, -0.2) is 30.6 Å². The molecule has 0 saturated carbocycles. The highest BCUT2D eigenvalue weighted by Gasteiger charge is 2.35. The van der Waals surface area contributed by atoms with Gasteiger partial charge in [0.05, 0.1) is 28.6 Å². The maximum Gasteiger partial charge on any atom is 0.307 e. The largest absolute Gasteiger partial charge is 0.466 e. The van der Waals surface area contributed by atoms with E-state index in [1.165, 1.54) is 0 Å². The molecule has 0 saturated heterocycles. The molecule has 0 bridgehead atoms. The van der Waals surface area contributed by atoms with E-state index in [0.29, 0.717) is 16.7 Å². The zero-order chi connectivity index (χ0) is 16.0. The molecule has 0 aliphatic rings. The van der Waals surface area contributed by atoms with Crippen molar-refractivity contribution in [3.05, 3.63) is 33.8 Å². The number of carbonyl (C=O) groups excluding carboxylic acids is 1. The third kappa shape index (κ3) is 4.35. The van der Waals surface area contributed by atoms with Gasteiger partial charge in [0.25, 0.3) is 0 Å². The van der Waals surface area contributed by atoms with E-state index in [9.17, 15) is 4.79 Å². The first-order valence-corrected chi connectivity index (χ1v) is 8.00. The molecule has 0 amide bonds. The highest BCUT2D eigenvalue weighted by molar-refractivity contribution is 6.42. The average Bonchev–Trinajstić information content (AvgIpc) is 2.43. The average molecular weight is 332 g/mol. The Kier molecular flexibility index (Phi) is 6.98. The van der Waals surface area contributed by atoms with Crippen molar-refractivity contribution in [1.82, 2.24) is 4.90 Å². The third-order valence-electron chi connectivity index (χ3n) is 3.80. The molecule has 0 aliphatic heterocycles. The summed E-state index contributed by atoms with van der Waals surface area (Å²) in [6.45, 7) is 10.0. The van der Waals surface area contributed by atoms with Crippen LogP contribution in [0.5, 0.6) is 0 Å². The van der Waals surface area contributed by atoms with Crippen molar-refractivity contribution in [3.63, 3.8) is 0 Å². The van der Waals surface area contributed by atoms with Crippen LogP contribution in [0.1, 0.15) is 39.7 Å². The summed E-state index contributed by atoms with van der Waals surface area (Å²) < 4.78 is 5.13. The molecule has 0 N–H and O–H groups in total. The Morgan fingerprint density at radius 3 is 2.29 bits per heavy atom. The number of benzene rings is 1. The summed E-state index contributed by atoms with van der Waals surface area (Å²) in [5.41, 5.74) is 0.498. The lowest BCUT2D eigenvalue weighted by Gasteiger charge is -2.40. The Morgan fingerprint density at radius 1 is 1.19 bits per heavy atom. The number of halogens is 2. The second-order valence-electron chi connectivity index (χ2n) is 5.06. The molecule has 1 aromatic rings. The molecule has 1 unspecified atom stereocenters. The van der Waals surface area contributed by atoms with Crippen LogP contribution in [0.25, 0.3) is 0 Å². The van der Waals surface area contributed by atoms with Gasteiger partial charge in [0.15, 0.2) is 0 Å². The summed E-state index contributed by atoms with van der Waals surface area (Å²) in [6.07, 6.45) is 0.278. The molecule has 118 valence electrons. The van der Waals surface area contributed by atoms with Gasteiger partial charge in [-0.25, -0.2) is 0 Å². The van der Waals surface area contributed by atoms with Crippen LogP contribution in [0.4, 0.5) is 0 Å². The van der Waals surface area contributed by atoms with Crippen molar-refractivity contribution < 1.29 is 9.53 Å². The normalized spacial score (nSPS) is 14.0.